The molecule has 0 amide bonds. The highest BCUT2D eigenvalue weighted by Crippen LogP contribution is 2.31. The zero-order valence-corrected chi connectivity index (χ0v) is 5.26. The van der Waals surface area contributed by atoms with Crippen molar-refractivity contribution in [3.8, 4) is 0 Å². The van der Waals surface area contributed by atoms with Crippen LogP contribution in [0.25, 0.3) is 0 Å². The summed E-state index contributed by atoms with van der Waals surface area (Å²) >= 11 is 0. The molecule has 0 aromatic rings. The second-order valence-electron chi connectivity index (χ2n) is 1.70. The lowest BCUT2D eigenvalue weighted by atomic mass is 10.4. The van der Waals surface area contributed by atoms with Crippen molar-refractivity contribution in [2.24, 2.45) is 0 Å². The number of rotatable bonds is 3. The van der Waals surface area contributed by atoms with Gasteiger partial charge in [-0.15, -0.1) is 13.2 Å². The van der Waals surface area contributed by atoms with Crippen molar-refractivity contribution >= 4 is 0 Å². The molecule has 0 atom stereocenters. The Morgan fingerprint density at radius 3 is 1.67 bits per heavy atom. The summed E-state index contributed by atoms with van der Waals surface area (Å²) in [5.41, 5.74) is 0. The van der Waals surface area contributed by atoms with Crippen LogP contribution in [0.5, 0.6) is 0 Å². The van der Waals surface area contributed by atoms with E-state index >= 15 is 0 Å². The van der Waals surface area contributed by atoms with E-state index in [-0.39, 0.29) is 0 Å². The molecular formula is C4H2F7O. The molecule has 0 bridgehead atoms. The Morgan fingerprint density at radius 1 is 1.00 bits per heavy atom. The van der Waals surface area contributed by atoms with Crippen molar-refractivity contribution in [3.63, 3.8) is 0 Å². The van der Waals surface area contributed by atoms with E-state index in [0.29, 0.717) is 0 Å². The molecule has 8 heteroatoms. The Morgan fingerprint density at radius 2 is 1.42 bits per heavy atom. The van der Waals surface area contributed by atoms with Gasteiger partial charge in [-0.1, -0.05) is 0 Å². The second kappa shape index (κ2) is 3.46. The van der Waals surface area contributed by atoms with Gasteiger partial charge in [-0.2, -0.15) is 17.6 Å². The van der Waals surface area contributed by atoms with Crippen LogP contribution in [0, 0.1) is 6.43 Å². The summed E-state index contributed by atoms with van der Waals surface area (Å²) in [7, 11) is 0. The van der Waals surface area contributed by atoms with E-state index in [9.17, 15) is 30.7 Å². The first kappa shape index (κ1) is 11.5. The fourth-order valence-corrected chi connectivity index (χ4v) is 0.227. The molecule has 73 valence electrons. The highest BCUT2D eigenvalue weighted by Gasteiger charge is 2.46. The molecule has 0 aromatic carbocycles. The zero-order valence-electron chi connectivity index (χ0n) is 5.26. The van der Waals surface area contributed by atoms with Crippen LogP contribution in [0.1, 0.15) is 0 Å². The predicted molar refractivity (Wildman–Crippen MR) is 22.4 cm³/mol. The van der Waals surface area contributed by atoms with Gasteiger partial charge in [0.15, 0.2) is 0 Å². The molecule has 0 aliphatic heterocycles. The molecule has 0 aliphatic rings. The van der Waals surface area contributed by atoms with Crippen LogP contribution in [0.4, 0.5) is 30.7 Å². The van der Waals surface area contributed by atoms with E-state index in [1.807, 2.05) is 0 Å². The van der Waals surface area contributed by atoms with Crippen LogP contribution in [-0.4, -0.2) is 18.9 Å². The van der Waals surface area contributed by atoms with Gasteiger partial charge in [-0.05, 0) is 0 Å². The lowest BCUT2D eigenvalue weighted by Gasteiger charge is -2.14. The molecule has 0 unspecified atom stereocenters. The van der Waals surface area contributed by atoms with Gasteiger partial charge in [0, 0.05) is 0 Å². The number of hydrogen-bond acceptors (Lipinski definition) is 1. The van der Waals surface area contributed by atoms with Crippen molar-refractivity contribution in [2.45, 2.75) is 12.3 Å². The van der Waals surface area contributed by atoms with Gasteiger partial charge in [0.05, 0.1) is 0 Å². The lowest BCUT2D eigenvalue weighted by Crippen LogP contribution is -2.31. The maximum Gasteiger partial charge on any atom is 0.522 e. The van der Waals surface area contributed by atoms with Crippen molar-refractivity contribution in [1.82, 2.24) is 0 Å². The minimum atomic E-state index is -5.33. The smallest absolute Gasteiger partial charge is 0.285 e. The Hall–Kier alpha value is -0.530. The van der Waals surface area contributed by atoms with E-state index < -0.39 is 25.3 Å². The standard InChI is InChI=1S/C4H2F7O/c5-2(6)3(7,8)1-12-4(9,10)11/h1H2. The van der Waals surface area contributed by atoms with Crippen molar-refractivity contribution < 1.29 is 35.5 Å². The normalized spacial score (nSPS) is 14.0. The quantitative estimate of drug-likeness (QED) is 0.634. The first-order valence-corrected chi connectivity index (χ1v) is 2.42. The number of alkyl halides is 5. The molecule has 0 aromatic heterocycles. The minimum absolute atomic E-state index is 2.40. The van der Waals surface area contributed by atoms with E-state index in [1.54, 1.807) is 0 Å². The Balaban J connectivity index is 3.93. The van der Waals surface area contributed by atoms with Crippen LogP contribution in [-0.2, 0) is 4.74 Å². The number of halogens is 7. The summed E-state index contributed by atoms with van der Waals surface area (Å²) < 4.78 is 81.2. The first-order chi connectivity index (χ1) is 5.15. The third-order valence-electron chi connectivity index (χ3n) is 0.694. The summed E-state index contributed by atoms with van der Waals surface area (Å²) in [6, 6.07) is 0. The molecule has 0 heterocycles. The maximum atomic E-state index is 11.7. The lowest BCUT2D eigenvalue weighted by molar-refractivity contribution is -0.342. The van der Waals surface area contributed by atoms with Crippen LogP contribution in [0.15, 0.2) is 0 Å². The maximum absolute atomic E-state index is 11.7. The van der Waals surface area contributed by atoms with Gasteiger partial charge < -0.3 is 0 Å². The zero-order chi connectivity index (χ0) is 9.99. The van der Waals surface area contributed by atoms with Crippen LogP contribution < -0.4 is 0 Å². The Kier molecular flexibility index (Phi) is 3.31. The van der Waals surface area contributed by atoms with Crippen LogP contribution in [0.2, 0.25) is 0 Å². The highest BCUT2D eigenvalue weighted by atomic mass is 19.4. The van der Waals surface area contributed by atoms with E-state index in [4.69, 9.17) is 0 Å². The van der Waals surface area contributed by atoms with Gasteiger partial charge >= 0.3 is 18.7 Å². The van der Waals surface area contributed by atoms with Crippen molar-refractivity contribution in [3.05, 3.63) is 6.43 Å². The highest BCUT2D eigenvalue weighted by molar-refractivity contribution is 4.82. The monoisotopic (exact) mass is 199 g/mol. The molecule has 0 spiro atoms. The molecular weight excluding hydrogens is 197 g/mol. The summed E-state index contributed by atoms with van der Waals surface area (Å²) in [5, 5.41) is 0. The summed E-state index contributed by atoms with van der Waals surface area (Å²) in [6.07, 6.45) is -8.74. The van der Waals surface area contributed by atoms with E-state index in [0.717, 1.165) is 0 Å². The fraction of sp³-hybridized carbons (Fsp3) is 0.750. The third-order valence-corrected chi connectivity index (χ3v) is 0.694. The van der Waals surface area contributed by atoms with Crippen LogP contribution >= 0.6 is 0 Å². The molecule has 1 radical (unpaired) electrons. The Labute approximate surface area is 62.1 Å². The molecule has 0 aliphatic carbocycles. The summed E-state index contributed by atoms with van der Waals surface area (Å²) in [4.78, 5) is 0. The fourth-order valence-electron chi connectivity index (χ4n) is 0.227. The molecule has 0 N–H and O–H groups in total. The second-order valence-corrected chi connectivity index (χ2v) is 1.70. The summed E-state index contributed by atoms with van der Waals surface area (Å²) in [5.74, 6) is -4.85. The molecule has 1 nitrogen and oxygen atoms in total. The predicted octanol–water partition coefficient (Wildman–Crippen LogP) is 2.59. The van der Waals surface area contributed by atoms with Gasteiger partial charge in [-0.25, -0.2) is 0 Å². The number of ether oxygens (including phenoxy) is 1. The van der Waals surface area contributed by atoms with E-state index in [1.165, 1.54) is 0 Å². The summed E-state index contributed by atoms with van der Waals surface area (Å²) in [6.45, 7) is -2.40. The van der Waals surface area contributed by atoms with Gasteiger partial charge in [0.2, 0.25) is 0 Å². The topological polar surface area (TPSA) is 9.23 Å². The molecule has 0 fully saturated rings. The van der Waals surface area contributed by atoms with Gasteiger partial charge in [-0.3, -0.25) is 4.74 Å². The average molecular weight is 199 g/mol. The largest absolute Gasteiger partial charge is 0.522 e. The average Bonchev–Trinajstić information content (AvgIpc) is 1.82. The third kappa shape index (κ3) is 4.37. The molecule has 0 saturated carbocycles. The van der Waals surface area contributed by atoms with Crippen molar-refractivity contribution in [2.75, 3.05) is 6.61 Å². The minimum Gasteiger partial charge on any atom is -0.285 e. The van der Waals surface area contributed by atoms with E-state index in [2.05, 4.69) is 4.74 Å². The SMILES string of the molecule is F[C](F)C(F)(F)COC(F)(F)F. The number of hydrogen-bond donors (Lipinski definition) is 0. The first-order valence-electron chi connectivity index (χ1n) is 2.42. The van der Waals surface area contributed by atoms with Crippen molar-refractivity contribution in [1.29, 1.82) is 0 Å². The molecule has 0 saturated heterocycles. The van der Waals surface area contributed by atoms with Crippen LogP contribution in [0.3, 0.4) is 0 Å². The molecule has 12 heavy (non-hydrogen) atoms. The van der Waals surface area contributed by atoms with Gasteiger partial charge in [0.1, 0.15) is 6.61 Å². The molecule has 0 rings (SSSR count). The van der Waals surface area contributed by atoms with Gasteiger partial charge in [0.25, 0.3) is 0 Å². The Bertz CT molecular complexity index is 139.